The van der Waals surface area contributed by atoms with Crippen LogP contribution in [0.2, 0.25) is 0 Å². The van der Waals surface area contributed by atoms with Gasteiger partial charge in [0, 0.05) is 19.3 Å². The standard InChI is InChI=1S/C23H28FN5O/c1-15-12-16(2)29(28-15)21-9-7-6-8-19(21)14-26-23(25-4)27-17(3)18-10-11-22(30-5)20(24)13-18/h6-13,17H,14H2,1-5H3,(H2,25,26,27). The third-order valence-electron chi connectivity index (χ3n) is 4.93. The van der Waals surface area contributed by atoms with Gasteiger partial charge in [0.25, 0.3) is 0 Å². The zero-order valence-corrected chi connectivity index (χ0v) is 18.0. The molecule has 2 N–H and O–H groups in total. The molecule has 0 saturated carbocycles. The number of hydrogen-bond donors (Lipinski definition) is 2. The second-order valence-corrected chi connectivity index (χ2v) is 7.15. The maximum Gasteiger partial charge on any atom is 0.191 e. The average Bonchev–Trinajstić information content (AvgIpc) is 3.08. The van der Waals surface area contributed by atoms with Crippen LogP contribution in [-0.4, -0.2) is 29.9 Å². The van der Waals surface area contributed by atoms with E-state index in [2.05, 4.69) is 38.9 Å². The number of ether oxygens (including phenoxy) is 1. The molecular formula is C23H28FN5O. The zero-order chi connectivity index (χ0) is 21.7. The average molecular weight is 410 g/mol. The fraction of sp³-hybridized carbons (Fsp3) is 0.304. The monoisotopic (exact) mass is 409 g/mol. The Morgan fingerprint density at radius 1 is 1.20 bits per heavy atom. The Morgan fingerprint density at radius 2 is 1.97 bits per heavy atom. The zero-order valence-electron chi connectivity index (χ0n) is 18.0. The summed E-state index contributed by atoms with van der Waals surface area (Å²) in [5.74, 6) is 0.474. The summed E-state index contributed by atoms with van der Waals surface area (Å²) in [6.07, 6.45) is 0. The summed E-state index contributed by atoms with van der Waals surface area (Å²) in [6, 6.07) is 15.0. The highest BCUT2D eigenvalue weighted by Crippen LogP contribution is 2.22. The number of rotatable bonds is 6. The lowest BCUT2D eigenvalue weighted by atomic mass is 10.1. The van der Waals surface area contributed by atoms with Crippen LogP contribution in [0.15, 0.2) is 53.5 Å². The first-order chi connectivity index (χ1) is 14.4. The molecule has 7 heteroatoms. The molecule has 1 unspecified atom stereocenters. The number of aryl methyl sites for hydroxylation is 2. The fourth-order valence-corrected chi connectivity index (χ4v) is 3.35. The van der Waals surface area contributed by atoms with Crippen LogP contribution in [-0.2, 0) is 6.54 Å². The van der Waals surface area contributed by atoms with Crippen molar-refractivity contribution in [3.05, 3.63) is 76.9 Å². The van der Waals surface area contributed by atoms with Crippen molar-refractivity contribution < 1.29 is 9.13 Å². The predicted molar refractivity (Wildman–Crippen MR) is 118 cm³/mol. The van der Waals surface area contributed by atoms with Gasteiger partial charge < -0.3 is 15.4 Å². The van der Waals surface area contributed by atoms with E-state index >= 15 is 0 Å². The molecule has 0 fully saturated rings. The van der Waals surface area contributed by atoms with Crippen LogP contribution in [0.4, 0.5) is 4.39 Å². The number of guanidine groups is 1. The van der Waals surface area contributed by atoms with Crippen LogP contribution < -0.4 is 15.4 Å². The molecule has 6 nitrogen and oxygen atoms in total. The Labute approximate surface area is 176 Å². The number of methoxy groups -OCH3 is 1. The highest BCUT2D eigenvalue weighted by Gasteiger charge is 2.13. The minimum absolute atomic E-state index is 0.136. The van der Waals surface area contributed by atoms with Gasteiger partial charge in [0.05, 0.1) is 24.5 Å². The summed E-state index contributed by atoms with van der Waals surface area (Å²) >= 11 is 0. The van der Waals surface area contributed by atoms with Crippen molar-refractivity contribution in [2.45, 2.75) is 33.4 Å². The van der Waals surface area contributed by atoms with E-state index in [-0.39, 0.29) is 17.6 Å². The number of hydrogen-bond acceptors (Lipinski definition) is 3. The Hall–Kier alpha value is -3.35. The highest BCUT2D eigenvalue weighted by atomic mass is 19.1. The van der Waals surface area contributed by atoms with Crippen molar-refractivity contribution in [1.82, 2.24) is 20.4 Å². The molecular weight excluding hydrogens is 381 g/mol. The van der Waals surface area contributed by atoms with Crippen molar-refractivity contribution in [1.29, 1.82) is 0 Å². The lowest BCUT2D eigenvalue weighted by molar-refractivity contribution is 0.386. The van der Waals surface area contributed by atoms with Crippen LogP contribution in [0.5, 0.6) is 5.75 Å². The van der Waals surface area contributed by atoms with Gasteiger partial charge in [-0.3, -0.25) is 4.99 Å². The van der Waals surface area contributed by atoms with E-state index in [0.29, 0.717) is 12.5 Å². The Morgan fingerprint density at radius 3 is 2.60 bits per heavy atom. The van der Waals surface area contributed by atoms with Gasteiger partial charge in [0.1, 0.15) is 0 Å². The van der Waals surface area contributed by atoms with E-state index < -0.39 is 0 Å². The maximum atomic E-state index is 14.0. The molecule has 0 aliphatic rings. The van der Waals surface area contributed by atoms with Gasteiger partial charge >= 0.3 is 0 Å². The van der Waals surface area contributed by atoms with Gasteiger partial charge in [-0.1, -0.05) is 24.3 Å². The van der Waals surface area contributed by atoms with E-state index in [1.54, 1.807) is 13.1 Å². The highest BCUT2D eigenvalue weighted by molar-refractivity contribution is 5.80. The molecule has 1 atom stereocenters. The fourth-order valence-electron chi connectivity index (χ4n) is 3.35. The molecule has 0 saturated heterocycles. The van der Waals surface area contributed by atoms with Gasteiger partial charge in [0.2, 0.25) is 0 Å². The van der Waals surface area contributed by atoms with Crippen molar-refractivity contribution in [2.75, 3.05) is 14.2 Å². The Kier molecular flexibility index (Phi) is 6.72. The van der Waals surface area contributed by atoms with Crippen LogP contribution in [0, 0.1) is 19.7 Å². The normalized spacial score (nSPS) is 12.5. The molecule has 30 heavy (non-hydrogen) atoms. The summed E-state index contributed by atoms with van der Waals surface area (Å²) < 4.78 is 21.0. The van der Waals surface area contributed by atoms with E-state index in [9.17, 15) is 4.39 Å². The summed E-state index contributed by atoms with van der Waals surface area (Å²) in [7, 11) is 3.17. The van der Waals surface area contributed by atoms with Gasteiger partial charge in [-0.15, -0.1) is 0 Å². The van der Waals surface area contributed by atoms with Crippen molar-refractivity contribution in [2.24, 2.45) is 4.99 Å². The topological polar surface area (TPSA) is 63.5 Å². The lowest BCUT2D eigenvalue weighted by Gasteiger charge is -2.19. The summed E-state index contributed by atoms with van der Waals surface area (Å²) in [6.45, 7) is 6.55. The first kappa shape index (κ1) is 21.4. The van der Waals surface area contributed by atoms with Crippen LogP contribution in [0.1, 0.15) is 35.5 Å². The minimum atomic E-state index is -0.384. The van der Waals surface area contributed by atoms with Gasteiger partial charge in [0.15, 0.2) is 17.5 Å². The second kappa shape index (κ2) is 9.43. The van der Waals surface area contributed by atoms with Crippen molar-refractivity contribution in [3.8, 4) is 11.4 Å². The summed E-state index contributed by atoms with van der Waals surface area (Å²) in [5, 5.41) is 11.2. The number of nitrogens with one attached hydrogen (secondary N) is 2. The number of halogens is 1. The number of nitrogens with zero attached hydrogens (tertiary/aromatic N) is 3. The number of benzene rings is 2. The molecule has 158 valence electrons. The van der Waals surface area contributed by atoms with Crippen LogP contribution >= 0.6 is 0 Å². The van der Waals surface area contributed by atoms with Gasteiger partial charge in [-0.05, 0) is 56.2 Å². The number of para-hydroxylation sites is 1. The predicted octanol–water partition coefficient (Wildman–Crippen LogP) is 4.06. The van der Waals surface area contributed by atoms with Crippen molar-refractivity contribution >= 4 is 5.96 Å². The van der Waals surface area contributed by atoms with E-state index in [1.807, 2.05) is 43.7 Å². The molecule has 3 aromatic rings. The van der Waals surface area contributed by atoms with Gasteiger partial charge in [-0.2, -0.15) is 5.10 Å². The number of aromatic nitrogens is 2. The summed E-state index contributed by atoms with van der Waals surface area (Å²) in [4.78, 5) is 4.30. The van der Waals surface area contributed by atoms with Gasteiger partial charge in [-0.25, -0.2) is 9.07 Å². The molecule has 0 spiro atoms. The molecule has 1 heterocycles. The Balaban J connectivity index is 1.71. The molecule has 0 bridgehead atoms. The van der Waals surface area contributed by atoms with E-state index in [1.165, 1.54) is 13.2 Å². The molecule has 0 aliphatic carbocycles. The molecule has 2 aromatic carbocycles. The van der Waals surface area contributed by atoms with E-state index in [0.717, 1.165) is 28.2 Å². The minimum Gasteiger partial charge on any atom is -0.494 e. The number of aliphatic imine (C=N–C) groups is 1. The second-order valence-electron chi connectivity index (χ2n) is 7.15. The Bertz CT molecular complexity index is 1040. The quantitative estimate of drug-likeness (QED) is 0.476. The molecule has 1 aromatic heterocycles. The molecule has 0 aliphatic heterocycles. The third-order valence-corrected chi connectivity index (χ3v) is 4.93. The van der Waals surface area contributed by atoms with Crippen LogP contribution in [0.3, 0.4) is 0 Å². The van der Waals surface area contributed by atoms with Crippen molar-refractivity contribution in [3.63, 3.8) is 0 Å². The first-order valence-electron chi connectivity index (χ1n) is 9.85. The largest absolute Gasteiger partial charge is 0.494 e. The maximum absolute atomic E-state index is 14.0. The third kappa shape index (κ3) is 4.79. The first-order valence-corrected chi connectivity index (χ1v) is 9.85. The SMILES string of the molecule is CN=C(NCc1ccccc1-n1nc(C)cc1C)NC(C)c1ccc(OC)c(F)c1. The van der Waals surface area contributed by atoms with Crippen LogP contribution in [0.25, 0.3) is 5.69 Å². The molecule has 3 rings (SSSR count). The molecule has 0 amide bonds. The molecule has 0 radical (unpaired) electrons. The summed E-state index contributed by atoms with van der Waals surface area (Å²) in [5.41, 5.74) is 4.98. The lowest BCUT2D eigenvalue weighted by Crippen LogP contribution is -2.38. The smallest absolute Gasteiger partial charge is 0.191 e. The van der Waals surface area contributed by atoms with E-state index in [4.69, 9.17) is 4.74 Å².